The van der Waals surface area contributed by atoms with Crippen LogP contribution in [0.2, 0.25) is 5.02 Å². The van der Waals surface area contributed by atoms with Crippen LogP contribution in [0.3, 0.4) is 0 Å². The first-order valence-electron chi connectivity index (χ1n) is 4.15. The smallest absolute Gasteiger partial charge is 0.139 e. The SMILES string of the molecule is Cc1nc(N)cc(Cl)c1C1(F)CC1. The number of hydrogen-bond donors (Lipinski definition) is 1. The fourth-order valence-electron chi connectivity index (χ4n) is 1.55. The van der Waals surface area contributed by atoms with E-state index < -0.39 is 5.67 Å². The molecule has 13 heavy (non-hydrogen) atoms. The maximum atomic E-state index is 13.7. The molecule has 4 heteroatoms. The van der Waals surface area contributed by atoms with Crippen LogP contribution in [-0.2, 0) is 5.67 Å². The Balaban J connectivity index is 2.57. The summed E-state index contributed by atoms with van der Waals surface area (Å²) in [6, 6.07) is 1.50. The number of aryl methyl sites for hydroxylation is 1. The Bertz CT molecular complexity index is 338. The minimum atomic E-state index is -1.23. The fourth-order valence-corrected chi connectivity index (χ4v) is 1.97. The molecule has 1 aromatic rings. The third-order valence-corrected chi connectivity index (χ3v) is 2.61. The Morgan fingerprint density at radius 3 is 2.69 bits per heavy atom. The third kappa shape index (κ3) is 1.37. The molecule has 2 N–H and O–H groups in total. The van der Waals surface area contributed by atoms with Gasteiger partial charge in [0.05, 0.1) is 5.02 Å². The molecule has 1 heterocycles. The van der Waals surface area contributed by atoms with E-state index in [1.54, 1.807) is 6.92 Å². The fraction of sp³-hybridized carbons (Fsp3) is 0.444. The average Bonchev–Trinajstić information content (AvgIpc) is 2.65. The number of aromatic nitrogens is 1. The van der Waals surface area contributed by atoms with Crippen molar-refractivity contribution in [3.8, 4) is 0 Å². The number of nitrogens with zero attached hydrogens (tertiary/aromatic N) is 1. The van der Waals surface area contributed by atoms with Crippen LogP contribution in [0.5, 0.6) is 0 Å². The van der Waals surface area contributed by atoms with Gasteiger partial charge < -0.3 is 5.73 Å². The van der Waals surface area contributed by atoms with Crippen LogP contribution in [0.4, 0.5) is 10.2 Å². The Kier molecular flexibility index (Phi) is 1.74. The van der Waals surface area contributed by atoms with Crippen molar-refractivity contribution in [2.75, 3.05) is 5.73 Å². The standard InChI is InChI=1S/C9H10ClFN2/c1-5-8(9(11)2-3-9)6(10)4-7(12)13-5/h4H,2-3H2,1H3,(H2,12,13). The predicted molar refractivity (Wildman–Crippen MR) is 50.4 cm³/mol. The van der Waals surface area contributed by atoms with Crippen molar-refractivity contribution in [3.63, 3.8) is 0 Å². The molecule has 0 atom stereocenters. The van der Waals surface area contributed by atoms with Crippen molar-refractivity contribution in [2.45, 2.75) is 25.4 Å². The second kappa shape index (κ2) is 2.58. The van der Waals surface area contributed by atoms with E-state index in [2.05, 4.69) is 4.98 Å². The Labute approximate surface area is 80.9 Å². The minimum absolute atomic E-state index is 0.343. The van der Waals surface area contributed by atoms with Crippen LogP contribution in [-0.4, -0.2) is 4.98 Å². The molecular formula is C9H10ClFN2. The zero-order valence-electron chi connectivity index (χ0n) is 7.27. The summed E-state index contributed by atoms with van der Waals surface area (Å²) in [5, 5.41) is 0.394. The van der Waals surface area contributed by atoms with Crippen molar-refractivity contribution < 1.29 is 4.39 Å². The number of anilines is 1. The number of hydrogen-bond acceptors (Lipinski definition) is 2. The van der Waals surface area contributed by atoms with Crippen LogP contribution in [0.25, 0.3) is 0 Å². The van der Waals surface area contributed by atoms with Crippen LogP contribution in [0.1, 0.15) is 24.1 Å². The second-order valence-electron chi connectivity index (χ2n) is 3.45. The highest BCUT2D eigenvalue weighted by molar-refractivity contribution is 6.31. The van der Waals surface area contributed by atoms with Gasteiger partial charge in [-0.3, -0.25) is 0 Å². The number of rotatable bonds is 1. The molecule has 0 aliphatic heterocycles. The zero-order valence-corrected chi connectivity index (χ0v) is 8.03. The van der Waals surface area contributed by atoms with Crippen molar-refractivity contribution >= 4 is 17.4 Å². The van der Waals surface area contributed by atoms with Crippen molar-refractivity contribution in [2.24, 2.45) is 0 Å². The van der Waals surface area contributed by atoms with Gasteiger partial charge in [0.2, 0.25) is 0 Å². The summed E-state index contributed by atoms with van der Waals surface area (Å²) >= 11 is 5.90. The van der Waals surface area contributed by atoms with Crippen LogP contribution in [0, 0.1) is 6.92 Å². The molecule has 0 amide bonds. The molecule has 1 aliphatic carbocycles. The first kappa shape index (κ1) is 8.75. The molecule has 2 nitrogen and oxygen atoms in total. The molecule has 1 fully saturated rings. The molecule has 1 aromatic heterocycles. The predicted octanol–water partition coefficient (Wildman–Crippen LogP) is 2.58. The molecule has 0 bridgehead atoms. The summed E-state index contributed by atoms with van der Waals surface area (Å²) in [4.78, 5) is 3.99. The highest BCUT2D eigenvalue weighted by Gasteiger charge is 2.47. The van der Waals surface area contributed by atoms with Gasteiger partial charge in [-0.1, -0.05) is 11.6 Å². The molecule has 0 spiro atoms. The van der Waals surface area contributed by atoms with Crippen molar-refractivity contribution in [1.82, 2.24) is 4.98 Å². The minimum Gasteiger partial charge on any atom is -0.384 e. The first-order valence-corrected chi connectivity index (χ1v) is 4.53. The Morgan fingerprint density at radius 2 is 2.23 bits per heavy atom. The number of alkyl halides is 1. The second-order valence-corrected chi connectivity index (χ2v) is 3.86. The van der Waals surface area contributed by atoms with Gasteiger partial charge in [0.1, 0.15) is 11.5 Å². The van der Waals surface area contributed by atoms with E-state index in [1.165, 1.54) is 6.07 Å². The van der Waals surface area contributed by atoms with Gasteiger partial charge in [-0.15, -0.1) is 0 Å². The van der Waals surface area contributed by atoms with E-state index in [1.807, 2.05) is 0 Å². The normalized spacial score (nSPS) is 18.7. The number of nitrogens with two attached hydrogens (primary N) is 1. The van der Waals surface area contributed by atoms with Gasteiger partial charge in [-0.05, 0) is 25.8 Å². The van der Waals surface area contributed by atoms with Crippen LogP contribution in [0.15, 0.2) is 6.07 Å². The topological polar surface area (TPSA) is 38.9 Å². The number of pyridine rings is 1. The molecule has 70 valence electrons. The lowest BCUT2D eigenvalue weighted by Gasteiger charge is -2.11. The van der Waals surface area contributed by atoms with Gasteiger partial charge in [0.15, 0.2) is 0 Å². The van der Waals surface area contributed by atoms with Crippen molar-refractivity contribution in [3.05, 3.63) is 22.3 Å². The first-order chi connectivity index (χ1) is 6.03. The zero-order chi connectivity index (χ0) is 9.64. The molecule has 1 aliphatic rings. The highest BCUT2D eigenvalue weighted by atomic mass is 35.5. The monoisotopic (exact) mass is 200 g/mol. The molecule has 1 saturated carbocycles. The van der Waals surface area contributed by atoms with E-state index >= 15 is 0 Å². The Hall–Kier alpha value is -0.830. The summed E-state index contributed by atoms with van der Waals surface area (Å²) in [7, 11) is 0. The average molecular weight is 201 g/mol. The van der Waals surface area contributed by atoms with E-state index in [0.29, 0.717) is 34.9 Å². The van der Waals surface area contributed by atoms with Crippen LogP contribution >= 0.6 is 11.6 Å². The summed E-state index contributed by atoms with van der Waals surface area (Å²) in [6.45, 7) is 1.73. The Morgan fingerprint density at radius 1 is 1.62 bits per heavy atom. The van der Waals surface area contributed by atoms with E-state index in [9.17, 15) is 4.39 Å². The summed E-state index contributed by atoms with van der Waals surface area (Å²) in [5.74, 6) is 0.343. The highest BCUT2D eigenvalue weighted by Crippen LogP contribution is 2.52. The van der Waals surface area contributed by atoms with E-state index in [4.69, 9.17) is 17.3 Å². The van der Waals surface area contributed by atoms with Crippen LogP contribution < -0.4 is 5.73 Å². The largest absolute Gasteiger partial charge is 0.384 e. The van der Waals surface area contributed by atoms with Crippen molar-refractivity contribution in [1.29, 1.82) is 0 Å². The maximum Gasteiger partial charge on any atom is 0.139 e. The summed E-state index contributed by atoms with van der Waals surface area (Å²) in [5.41, 5.74) is 5.36. The molecule has 0 radical (unpaired) electrons. The number of halogens is 2. The van der Waals surface area contributed by atoms with Gasteiger partial charge >= 0.3 is 0 Å². The lowest BCUT2D eigenvalue weighted by Crippen LogP contribution is -2.05. The quantitative estimate of drug-likeness (QED) is 0.757. The van der Waals surface area contributed by atoms with Gasteiger partial charge in [0.25, 0.3) is 0 Å². The molecule has 0 unspecified atom stereocenters. The maximum absolute atomic E-state index is 13.7. The molecule has 0 aromatic carbocycles. The number of nitrogen functional groups attached to an aromatic ring is 1. The van der Waals surface area contributed by atoms with E-state index in [-0.39, 0.29) is 0 Å². The lowest BCUT2D eigenvalue weighted by atomic mass is 10.1. The summed E-state index contributed by atoms with van der Waals surface area (Å²) in [6.07, 6.45) is 1.08. The third-order valence-electron chi connectivity index (χ3n) is 2.31. The van der Waals surface area contributed by atoms with E-state index in [0.717, 1.165) is 0 Å². The molecule has 0 saturated heterocycles. The molecule has 2 rings (SSSR count). The van der Waals surface area contributed by atoms with Gasteiger partial charge in [0, 0.05) is 11.3 Å². The van der Waals surface area contributed by atoms with Gasteiger partial charge in [-0.2, -0.15) is 0 Å². The molecular weight excluding hydrogens is 191 g/mol. The van der Waals surface area contributed by atoms with Gasteiger partial charge in [-0.25, -0.2) is 9.37 Å². The summed E-state index contributed by atoms with van der Waals surface area (Å²) < 4.78 is 13.7. The lowest BCUT2D eigenvalue weighted by molar-refractivity contribution is 0.315.